The number of rotatable bonds is 7. The average molecular weight is 524 g/mol. The summed E-state index contributed by atoms with van der Waals surface area (Å²) in [6.07, 6.45) is 0.170. The highest BCUT2D eigenvalue weighted by molar-refractivity contribution is 7.99. The number of carbonyl (C=O) groups is 4. The Labute approximate surface area is 211 Å². The summed E-state index contributed by atoms with van der Waals surface area (Å²) in [5.74, 6) is -0.760. The molecule has 3 amide bonds. The number of carbonyl (C=O) groups excluding carboxylic acids is 4. The van der Waals surface area contributed by atoms with Gasteiger partial charge in [0, 0.05) is 24.8 Å². The Morgan fingerprint density at radius 1 is 1.12 bits per heavy atom. The number of methoxy groups -OCH3 is 1. The van der Waals surface area contributed by atoms with Gasteiger partial charge in [-0.05, 0) is 29.8 Å². The van der Waals surface area contributed by atoms with E-state index in [2.05, 4.69) is 10.6 Å². The van der Waals surface area contributed by atoms with E-state index in [9.17, 15) is 19.2 Å². The van der Waals surface area contributed by atoms with E-state index in [-0.39, 0.29) is 27.9 Å². The van der Waals surface area contributed by atoms with Crippen LogP contribution in [0.25, 0.3) is 0 Å². The molecule has 2 aromatic rings. The van der Waals surface area contributed by atoms with Crippen LogP contribution in [0.1, 0.15) is 22.8 Å². The molecule has 1 fully saturated rings. The van der Waals surface area contributed by atoms with Crippen molar-refractivity contribution in [2.75, 3.05) is 24.1 Å². The van der Waals surface area contributed by atoms with E-state index in [0.717, 1.165) is 5.56 Å². The maximum Gasteiger partial charge on any atom is 0.328 e. The molecule has 0 aliphatic carbocycles. The SMILES string of the molecule is COC(=O)C(Cc1ccc(NC(=O)c2c(Cl)cccc2Cl)cc1)NC(=O)C1CSCN1C(C)=O. The second-order valence-corrected chi connectivity index (χ2v) is 9.35. The Hall–Kier alpha value is -2.75. The smallest absolute Gasteiger partial charge is 0.328 e. The fraction of sp³-hybridized carbons (Fsp3) is 0.304. The molecule has 11 heteroatoms. The van der Waals surface area contributed by atoms with Crippen molar-refractivity contribution in [1.29, 1.82) is 0 Å². The highest BCUT2D eigenvalue weighted by Crippen LogP contribution is 2.25. The highest BCUT2D eigenvalue weighted by atomic mass is 35.5. The summed E-state index contributed by atoms with van der Waals surface area (Å²) < 4.78 is 4.85. The maximum atomic E-state index is 12.8. The Bertz CT molecular complexity index is 1080. The minimum absolute atomic E-state index is 0.170. The monoisotopic (exact) mass is 523 g/mol. The fourth-order valence-electron chi connectivity index (χ4n) is 3.44. The average Bonchev–Trinajstić information content (AvgIpc) is 3.30. The quantitative estimate of drug-likeness (QED) is 0.539. The van der Waals surface area contributed by atoms with Crippen molar-refractivity contribution in [3.05, 3.63) is 63.6 Å². The van der Waals surface area contributed by atoms with Crippen molar-refractivity contribution in [3.8, 4) is 0 Å². The molecule has 0 bridgehead atoms. The standard InChI is InChI=1S/C23H23Cl2N3O5S/c1-13(29)28-12-34-11-19(28)21(30)27-18(23(32)33-2)10-14-6-8-15(9-7-14)26-22(31)20-16(24)4-3-5-17(20)25/h3-9,18-19H,10-12H2,1-2H3,(H,26,31)(H,27,30). The van der Waals surface area contributed by atoms with Crippen molar-refractivity contribution >= 4 is 64.3 Å². The Morgan fingerprint density at radius 2 is 1.76 bits per heavy atom. The molecule has 2 unspecified atom stereocenters. The van der Waals surface area contributed by atoms with Gasteiger partial charge in [0.05, 0.1) is 28.6 Å². The zero-order valence-electron chi connectivity index (χ0n) is 18.5. The molecule has 0 saturated carbocycles. The number of hydrogen-bond donors (Lipinski definition) is 2. The van der Waals surface area contributed by atoms with Crippen LogP contribution in [0.5, 0.6) is 0 Å². The van der Waals surface area contributed by atoms with Crippen LogP contribution in [0.4, 0.5) is 5.69 Å². The number of anilines is 1. The molecule has 180 valence electrons. The molecule has 2 N–H and O–H groups in total. The summed E-state index contributed by atoms with van der Waals surface area (Å²) in [7, 11) is 1.24. The number of nitrogens with zero attached hydrogens (tertiary/aromatic N) is 1. The summed E-state index contributed by atoms with van der Waals surface area (Å²) in [5, 5.41) is 5.91. The second kappa shape index (κ2) is 11.6. The summed E-state index contributed by atoms with van der Waals surface area (Å²) in [5.41, 5.74) is 1.41. The van der Waals surface area contributed by atoms with Gasteiger partial charge in [-0.15, -0.1) is 11.8 Å². The summed E-state index contributed by atoms with van der Waals surface area (Å²) >= 11 is 13.6. The van der Waals surface area contributed by atoms with Crippen molar-refractivity contribution < 1.29 is 23.9 Å². The number of thioether (sulfide) groups is 1. The molecule has 8 nitrogen and oxygen atoms in total. The van der Waals surface area contributed by atoms with Gasteiger partial charge in [-0.25, -0.2) is 4.79 Å². The zero-order valence-corrected chi connectivity index (χ0v) is 20.8. The van der Waals surface area contributed by atoms with E-state index >= 15 is 0 Å². The summed E-state index contributed by atoms with van der Waals surface area (Å²) in [6.45, 7) is 1.41. The highest BCUT2D eigenvalue weighted by Gasteiger charge is 2.35. The van der Waals surface area contributed by atoms with Crippen LogP contribution in [-0.2, 0) is 25.5 Å². The van der Waals surface area contributed by atoms with Gasteiger partial charge in [-0.3, -0.25) is 14.4 Å². The minimum Gasteiger partial charge on any atom is -0.467 e. The first-order chi connectivity index (χ1) is 16.2. The van der Waals surface area contributed by atoms with Crippen LogP contribution in [0, 0.1) is 0 Å². The number of nitrogens with one attached hydrogen (secondary N) is 2. The van der Waals surface area contributed by atoms with Gasteiger partial charge in [-0.1, -0.05) is 41.4 Å². The second-order valence-electron chi connectivity index (χ2n) is 7.54. The van der Waals surface area contributed by atoms with Crippen LogP contribution in [-0.4, -0.2) is 59.4 Å². The molecule has 1 aliphatic rings. The third-order valence-electron chi connectivity index (χ3n) is 5.23. The third kappa shape index (κ3) is 6.22. The van der Waals surface area contributed by atoms with Gasteiger partial charge in [0.25, 0.3) is 5.91 Å². The van der Waals surface area contributed by atoms with Crippen molar-refractivity contribution in [2.45, 2.75) is 25.4 Å². The molecule has 0 spiro atoms. The summed E-state index contributed by atoms with van der Waals surface area (Å²) in [4.78, 5) is 50.8. The topological polar surface area (TPSA) is 105 Å². The fourth-order valence-corrected chi connectivity index (χ4v) is 5.23. The lowest BCUT2D eigenvalue weighted by atomic mass is 10.0. The first kappa shape index (κ1) is 25.9. The molecule has 3 rings (SSSR count). The Balaban J connectivity index is 1.67. The van der Waals surface area contributed by atoms with Crippen LogP contribution < -0.4 is 10.6 Å². The van der Waals surface area contributed by atoms with E-state index in [1.54, 1.807) is 42.5 Å². The predicted molar refractivity (Wildman–Crippen MR) is 132 cm³/mol. The van der Waals surface area contributed by atoms with Crippen molar-refractivity contribution in [3.63, 3.8) is 0 Å². The first-order valence-corrected chi connectivity index (χ1v) is 12.2. The third-order valence-corrected chi connectivity index (χ3v) is 6.88. The lowest BCUT2D eigenvalue weighted by Crippen LogP contribution is -2.52. The van der Waals surface area contributed by atoms with E-state index in [0.29, 0.717) is 17.3 Å². The zero-order chi connectivity index (χ0) is 24.8. The van der Waals surface area contributed by atoms with Gasteiger partial charge in [0.15, 0.2) is 0 Å². The molecule has 34 heavy (non-hydrogen) atoms. The van der Waals surface area contributed by atoms with Gasteiger partial charge in [0.2, 0.25) is 11.8 Å². The van der Waals surface area contributed by atoms with Crippen LogP contribution in [0.3, 0.4) is 0 Å². The maximum absolute atomic E-state index is 12.8. The summed E-state index contributed by atoms with van der Waals surface area (Å²) in [6, 6.07) is 10.0. The van der Waals surface area contributed by atoms with E-state index in [4.69, 9.17) is 27.9 Å². The van der Waals surface area contributed by atoms with Gasteiger partial charge >= 0.3 is 5.97 Å². The lowest BCUT2D eigenvalue weighted by molar-refractivity contribution is -0.146. The van der Waals surface area contributed by atoms with E-state index in [1.165, 1.54) is 30.7 Å². The van der Waals surface area contributed by atoms with Crippen LogP contribution in [0.15, 0.2) is 42.5 Å². The van der Waals surface area contributed by atoms with Gasteiger partial charge in [0.1, 0.15) is 12.1 Å². The normalized spacial score (nSPS) is 16.0. The number of benzene rings is 2. The predicted octanol–water partition coefficient (Wildman–Crippen LogP) is 3.37. The van der Waals surface area contributed by atoms with Crippen molar-refractivity contribution in [2.24, 2.45) is 0 Å². The van der Waals surface area contributed by atoms with E-state index < -0.39 is 29.9 Å². The molecule has 0 radical (unpaired) electrons. The van der Waals surface area contributed by atoms with Gasteiger partial charge < -0.3 is 20.3 Å². The number of amides is 3. The van der Waals surface area contributed by atoms with Crippen LogP contribution in [0.2, 0.25) is 10.0 Å². The Morgan fingerprint density at radius 3 is 2.35 bits per heavy atom. The minimum atomic E-state index is -0.931. The molecule has 1 heterocycles. The number of halogens is 2. The molecule has 1 aliphatic heterocycles. The number of esters is 1. The van der Waals surface area contributed by atoms with Crippen LogP contribution >= 0.6 is 35.0 Å². The molecule has 0 aromatic heterocycles. The molecule has 1 saturated heterocycles. The Kier molecular flexibility index (Phi) is 8.82. The van der Waals surface area contributed by atoms with Crippen molar-refractivity contribution in [1.82, 2.24) is 10.2 Å². The number of hydrogen-bond acceptors (Lipinski definition) is 6. The first-order valence-electron chi connectivity index (χ1n) is 10.3. The molecular weight excluding hydrogens is 501 g/mol. The van der Waals surface area contributed by atoms with Gasteiger partial charge in [-0.2, -0.15) is 0 Å². The lowest BCUT2D eigenvalue weighted by Gasteiger charge is -2.24. The number of ether oxygens (including phenoxy) is 1. The largest absolute Gasteiger partial charge is 0.467 e. The molecule has 2 aromatic carbocycles. The van der Waals surface area contributed by atoms with E-state index in [1.807, 2.05) is 0 Å². The molecular formula is C23H23Cl2N3O5S. The molecule has 2 atom stereocenters.